The lowest BCUT2D eigenvalue weighted by Crippen LogP contribution is -2.61. The number of piperazine rings is 1. The number of fused-ring (bicyclic) bond motifs is 1. The quantitative estimate of drug-likeness (QED) is 0.736. The standard InChI is InChI=1S/C16H32N2O/c1-5-7-15(12-19-4)18-10-14-8-6-9-17(14)11-16(18)13(2)3/h13-16H,5-12H2,1-4H3. The lowest BCUT2D eigenvalue weighted by atomic mass is 9.94. The molecule has 2 saturated heterocycles. The van der Waals surface area contributed by atoms with E-state index in [9.17, 15) is 0 Å². The van der Waals surface area contributed by atoms with E-state index in [1.165, 1.54) is 45.3 Å². The van der Waals surface area contributed by atoms with Crippen LogP contribution in [0.25, 0.3) is 0 Å². The summed E-state index contributed by atoms with van der Waals surface area (Å²) in [4.78, 5) is 5.52. The zero-order chi connectivity index (χ0) is 13.8. The van der Waals surface area contributed by atoms with Crippen molar-refractivity contribution in [3.05, 3.63) is 0 Å². The lowest BCUT2D eigenvalue weighted by Gasteiger charge is -2.48. The summed E-state index contributed by atoms with van der Waals surface area (Å²) in [7, 11) is 1.85. The minimum absolute atomic E-state index is 0.616. The van der Waals surface area contributed by atoms with Gasteiger partial charge in [-0.25, -0.2) is 0 Å². The van der Waals surface area contributed by atoms with Crippen LogP contribution in [0, 0.1) is 5.92 Å². The number of methoxy groups -OCH3 is 1. The fraction of sp³-hybridized carbons (Fsp3) is 1.00. The van der Waals surface area contributed by atoms with Gasteiger partial charge in [0.1, 0.15) is 0 Å². The Morgan fingerprint density at radius 1 is 1.26 bits per heavy atom. The molecule has 2 aliphatic heterocycles. The molecule has 0 aliphatic carbocycles. The molecule has 0 radical (unpaired) electrons. The molecule has 2 aliphatic rings. The molecule has 0 N–H and O–H groups in total. The molecule has 0 spiro atoms. The molecule has 3 heteroatoms. The van der Waals surface area contributed by atoms with Crippen LogP contribution in [0.4, 0.5) is 0 Å². The Labute approximate surface area is 119 Å². The summed E-state index contributed by atoms with van der Waals surface area (Å²) in [6.45, 7) is 11.8. The molecule has 3 nitrogen and oxygen atoms in total. The Bertz CT molecular complexity index is 263. The van der Waals surface area contributed by atoms with Crippen molar-refractivity contribution in [1.29, 1.82) is 0 Å². The highest BCUT2D eigenvalue weighted by molar-refractivity contribution is 4.95. The first-order valence-electron chi connectivity index (χ1n) is 8.16. The molecule has 3 unspecified atom stereocenters. The van der Waals surface area contributed by atoms with Gasteiger partial charge in [0.15, 0.2) is 0 Å². The normalized spacial score (nSPS) is 30.8. The second-order valence-corrected chi connectivity index (χ2v) is 6.70. The molecule has 2 fully saturated rings. The monoisotopic (exact) mass is 268 g/mol. The third-order valence-electron chi connectivity index (χ3n) is 4.99. The summed E-state index contributed by atoms with van der Waals surface area (Å²) in [5.74, 6) is 0.734. The van der Waals surface area contributed by atoms with Crippen molar-refractivity contribution in [3.8, 4) is 0 Å². The van der Waals surface area contributed by atoms with Gasteiger partial charge in [0.2, 0.25) is 0 Å². The van der Waals surface area contributed by atoms with Gasteiger partial charge in [0.25, 0.3) is 0 Å². The third-order valence-corrected chi connectivity index (χ3v) is 4.99. The van der Waals surface area contributed by atoms with Crippen molar-refractivity contribution in [1.82, 2.24) is 9.80 Å². The van der Waals surface area contributed by atoms with Gasteiger partial charge < -0.3 is 4.74 Å². The van der Waals surface area contributed by atoms with Crippen molar-refractivity contribution in [3.63, 3.8) is 0 Å². The molecule has 0 amide bonds. The second-order valence-electron chi connectivity index (χ2n) is 6.70. The number of hydrogen-bond acceptors (Lipinski definition) is 3. The molecule has 2 heterocycles. The van der Waals surface area contributed by atoms with Gasteiger partial charge in [-0.15, -0.1) is 0 Å². The van der Waals surface area contributed by atoms with Gasteiger partial charge in [0, 0.05) is 38.3 Å². The minimum Gasteiger partial charge on any atom is -0.383 e. The van der Waals surface area contributed by atoms with E-state index in [0.29, 0.717) is 12.1 Å². The van der Waals surface area contributed by atoms with Crippen LogP contribution in [0.1, 0.15) is 46.5 Å². The fourth-order valence-electron chi connectivity index (χ4n) is 3.95. The van der Waals surface area contributed by atoms with E-state index < -0.39 is 0 Å². The number of rotatable bonds is 6. The van der Waals surface area contributed by atoms with E-state index >= 15 is 0 Å². The van der Waals surface area contributed by atoms with Gasteiger partial charge in [-0.3, -0.25) is 9.80 Å². The molecule has 2 rings (SSSR count). The predicted molar refractivity (Wildman–Crippen MR) is 80.5 cm³/mol. The van der Waals surface area contributed by atoms with E-state index in [1.54, 1.807) is 0 Å². The Kier molecular flexibility index (Phi) is 5.67. The first-order chi connectivity index (χ1) is 9.17. The van der Waals surface area contributed by atoms with Crippen LogP contribution in [0.5, 0.6) is 0 Å². The van der Waals surface area contributed by atoms with Crippen molar-refractivity contribution in [2.24, 2.45) is 5.92 Å². The highest BCUT2D eigenvalue weighted by Crippen LogP contribution is 2.30. The molecular weight excluding hydrogens is 236 g/mol. The first kappa shape index (κ1) is 15.3. The van der Waals surface area contributed by atoms with Crippen molar-refractivity contribution in [2.45, 2.75) is 64.6 Å². The van der Waals surface area contributed by atoms with Gasteiger partial charge in [-0.2, -0.15) is 0 Å². The Morgan fingerprint density at radius 3 is 2.68 bits per heavy atom. The van der Waals surface area contributed by atoms with Crippen LogP contribution in [0.15, 0.2) is 0 Å². The smallest absolute Gasteiger partial charge is 0.0618 e. The molecule has 0 saturated carbocycles. The Balaban J connectivity index is 2.08. The summed E-state index contributed by atoms with van der Waals surface area (Å²) >= 11 is 0. The molecule has 0 aromatic heterocycles. The van der Waals surface area contributed by atoms with Crippen LogP contribution in [0.2, 0.25) is 0 Å². The average Bonchev–Trinajstić information content (AvgIpc) is 2.84. The lowest BCUT2D eigenvalue weighted by molar-refractivity contribution is -0.0249. The number of nitrogens with zero attached hydrogens (tertiary/aromatic N) is 2. The summed E-state index contributed by atoms with van der Waals surface area (Å²) in [5, 5.41) is 0. The van der Waals surface area contributed by atoms with Gasteiger partial charge in [-0.05, 0) is 31.7 Å². The summed E-state index contributed by atoms with van der Waals surface area (Å²) in [6.07, 6.45) is 5.31. The Hall–Kier alpha value is -0.120. The van der Waals surface area contributed by atoms with E-state index in [-0.39, 0.29) is 0 Å². The van der Waals surface area contributed by atoms with Crippen LogP contribution in [-0.4, -0.2) is 61.3 Å². The van der Waals surface area contributed by atoms with Gasteiger partial charge >= 0.3 is 0 Å². The number of hydrogen-bond donors (Lipinski definition) is 0. The van der Waals surface area contributed by atoms with Crippen LogP contribution >= 0.6 is 0 Å². The highest BCUT2D eigenvalue weighted by Gasteiger charge is 2.39. The zero-order valence-electron chi connectivity index (χ0n) is 13.3. The van der Waals surface area contributed by atoms with Crippen LogP contribution in [0.3, 0.4) is 0 Å². The van der Waals surface area contributed by atoms with E-state index in [4.69, 9.17) is 4.74 Å². The molecule has 0 bridgehead atoms. The maximum atomic E-state index is 5.49. The first-order valence-corrected chi connectivity index (χ1v) is 8.16. The third kappa shape index (κ3) is 3.50. The molecular formula is C16H32N2O. The molecule has 0 aromatic rings. The van der Waals surface area contributed by atoms with Crippen LogP contribution in [-0.2, 0) is 4.74 Å². The van der Waals surface area contributed by atoms with Crippen molar-refractivity contribution < 1.29 is 4.74 Å². The Morgan fingerprint density at radius 2 is 2.05 bits per heavy atom. The predicted octanol–water partition coefficient (Wildman–Crippen LogP) is 2.61. The topological polar surface area (TPSA) is 15.7 Å². The molecule has 0 aromatic carbocycles. The second kappa shape index (κ2) is 7.05. The summed E-state index contributed by atoms with van der Waals surface area (Å²) in [5.41, 5.74) is 0. The van der Waals surface area contributed by atoms with Gasteiger partial charge in [-0.1, -0.05) is 27.2 Å². The summed E-state index contributed by atoms with van der Waals surface area (Å²) in [6, 6.07) is 2.14. The van der Waals surface area contributed by atoms with Crippen molar-refractivity contribution in [2.75, 3.05) is 33.4 Å². The highest BCUT2D eigenvalue weighted by atomic mass is 16.5. The molecule has 3 atom stereocenters. The maximum Gasteiger partial charge on any atom is 0.0618 e. The van der Waals surface area contributed by atoms with Gasteiger partial charge in [0.05, 0.1) is 6.61 Å². The van der Waals surface area contributed by atoms with Crippen molar-refractivity contribution >= 4 is 0 Å². The number of ether oxygens (including phenoxy) is 1. The largest absolute Gasteiger partial charge is 0.383 e. The molecule has 19 heavy (non-hydrogen) atoms. The van der Waals surface area contributed by atoms with Crippen LogP contribution < -0.4 is 0 Å². The van der Waals surface area contributed by atoms with E-state index in [1.807, 2.05) is 7.11 Å². The minimum atomic E-state index is 0.616. The average molecular weight is 268 g/mol. The van der Waals surface area contributed by atoms with E-state index in [0.717, 1.165) is 18.6 Å². The summed E-state index contributed by atoms with van der Waals surface area (Å²) < 4.78 is 5.49. The maximum absolute atomic E-state index is 5.49. The van der Waals surface area contributed by atoms with E-state index in [2.05, 4.69) is 30.6 Å². The zero-order valence-corrected chi connectivity index (χ0v) is 13.3. The SMILES string of the molecule is CCCC(COC)N1CC2CCCN2CC1C(C)C. The fourth-order valence-corrected chi connectivity index (χ4v) is 3.95. The molecule has 112 valence electrons.